The summed E-state index contributed by atoms with van der Waals surface area (Å²) >= 11 is 0. The molecule has 7 nitrogen and oxygen atoms in total. The van der Waals surface area contributed by atoms with Crippen LogP contribution in [0.5, 0.6) is 0 Å². The highest BCUT2D eigenvalue weighted by Gasteiger charge is 2.37. The van der Waals surface area contributed by atoms with E-state index in [1.165, 1.54) is 4.90 Å². The van der Waals surface area contributed by atoms with E-state index in [0.29, 0.717) is 6.54 Å². The molecule has 114 valence electrons. The van der Waals surface area contributed by atoms with Crippen LogP contribution >= 0.6 is 0 Å². The van der Waals surface area contributed by atoms with E-state index in [1.54, 1.807) is 13.8 Å². The van der Waals surface area contributed by atoms with Gasteiger partial charge in [0.2, 0.25) is 5.91 Å². The van der Waals surface area contributed by atoms with Crippen molar-refractivity contribution in [1.29, 1.82) is 0 Å². The molecule has 20 heavy (non-hydrogen) atoms. The van der Waals surface area contributed by atoms with Crippen LogP contribution in [0.2, 0.25) is 0 Å². The number of nitrogens with one attached hydrogen (secondary N) is 2. The Balaban J connectivity index is 2.52. The van der Waals surface area contributed by atoms with Crippen molar-refractivity contribution in [2.75, 3.05) is 13.1 Å². The van der Waals surface area contributed by atoms with E-state index < -0.39 is 24.0 Å². The molecule has 3 amide bonds. The summed E-state index contributed by atoms with van der Waals surface area (Å²) in [6, 6.07) is -1.04. The fraction of sp³-hybridized carbons (Fsp3) is 0.769. The Labute approximate surface area is 118 Å². The van der Waals surface area contributed by atoms with E-state index >= 15 is 0 Å². The second-order valence-corrected chi connectivity index (χ2v) is 5.66. The molecule has 1 saturated heterocycles. The predicted molar refractivity (Wildman–Crippen MR) is 73.1 cm³/mol. The number of carbonyl (C=O) groups excluding carboxylic acids is 2. The lowest BCUT2D eigenvalue weighted by Crippen LogP contribution is -2.50. The SMILES string of the molecule is CC(C)NC(=O)C(C)NC(=O)N1C[C@@H](C)[C@H](C(=O)O)C1. The highest BCUT2D eigenvalue weighted by molar-refractivity contribution is 5.87. The van der Waals surface area contributed by atoms with Gasteiger partial charge in [-0.2, -0.15) is 0 Å². The van der Waals surface area contributed by atoms with Gasteiger partial charge in [0.05, 0.1) is 5.92 Å². The molecule has 0 aromatic carbocycles. The summed E-state index contributed by atoms with van der Waals surface area (Å²) in [6.07, 6.45) is 0. The van der Waals surface area contributed by atoms with Crippen molar-refractivity contribution in [3.63, 3.8) is 0 Å². The highest BCUT2D eigenvalue weighted by atomic mass is 16.4. The third kappa shape index (κ3) is 4.11. The predicted octanol–water partition coefficient (Wildman–Crippen LogP) is 0.262. The van der Waals surface area contributed by atoms with Gasteiger partial charge >= 0.3 is 12.0 Å². The zero-order valence-corrected chi connectivity index (χ0v) is 12.3. The minimum Gasteiger partial charge on any atom is -0.481 e. The van der Waals surface area contributed by atoms with Crippen LogP contribution in [-0.2, 0) is 9.59 Å². The van der Waals surface area contributed by atoms with Crippen LogP contribution in [0, 0.1) is 11.8 Å². The molecule has 1 aliphatic heterocycles. The number of hydrogen-bond acceptors (Lipinski definition) is 3. The number of carbonyl (C=O) groups is 3. The van der Waals surface area contributed by atoms with Gasteiger partial charge in [-0.15, -0.1) is 0 Å². The van der Waals surface area contributed by atoms with Crippen LogP contribution in [-0.4, -0.2) is 53.1 Å². The molecular weight excluding hydrogens is 262 g/mol. The van der Waals surface area contributed by atoms with E-state index in [2.05, 4.69) is 10.6 Å². The van der Waals surface area contributed by atoms with Crippen molar-refractivity contribution in [3.8, 4) is 0 Å². The van der Waals surface area contributed by atoms with Gasteiger partial charge < -0.3 is 20.6 Å². The van der Waals surface area contributed by atoms with Crippen molar-refractivity contribution in [3.05, 3.63) is 0 Å². The number of carboxylic acid groups (broad SMARTS) is 1. The number of nitrogens with zero attached hydrogens (tertiary/aromatic N) is 1. The molecular formula is C13H23N3O4. The zero-order valence-electron chi connectivity index (χ0n) is 12.3. The van der Waals surface area contributed by atoms with E-state index in [-0.39, 0.29) is 24.4 Å². The average molecular weight is 285 g/mol. The molecule has 3 N–H and O–H groups in total. The van der Waals surface area contributed by atoms with Crippen molar-refractivity contribution >= 4 is 17.9 Å². The second kappa shape index (κ2) is 6.58. The molecule has 0 saturated carbocycles. The minimum absolute atomic E-state index is 0.00468. The minimum atomic E-state index is -0.890. The molecule has 1 aliphatic rings. The summed E-state index contributed by atoms with van der Waals surface area (Å²) in [5, 5.41) is 14.3. The van der Waals surface area contributed by atoms with Crippen molar-refractivity contribution in [2.24, 2.45) is 11.8 Å². The molecule has 0 aliphatic carbocycles. The topological polar surface area (TPSA) is 98.7 Å². The van der Waals surface area contributed by atoms with Gasteiger partial charge in [-0.1, -0.05) is 6.92 Å². The molecule has 7 heteroatoms. The summed E-state index contributed by atoms with van der Waals surface area (Å²) in [5.74, 6) is -1.77. The molecule has 1 rings (SSSR count). The lowest BCUT2D eigenvalue weighted by atomic mass is 9.99. The number of carboxylic acids is 1. The van der Waals surface area contributed by atoms with Crippen LogP contribution in [0.25, 0.3) is 0 Å². The Kier molecular flexibility index (Phi) is 5.35. The summed E-state index contributed by atoms with van der Waals surface area (Å²) < 4.78 is 0. The van der Waals surface area contributed by atoms with Gasteiger partial charge in [0.25, 0.3) is 0 Å². The van der Waals surface area contributed by atoms with Crippen molar-refractivity contribution in [2.45, 2.75) is 39.8 Å². The molecule has 3 atom stereocenters. The summed E-state index contributed by atoms with van der Waals surface area (Å²) in [7, 11) is 0. The number of amides is 3. The lowest BCUT2D eigenvalue weighted by molar-refractivity contribution is -0.142. The summed E-state index contributed by atoms with van der Waals surface area (Å²) in [6.45, 7) is 7.66. The maximum atomic E-state index is 12.0. The fourth-order valence-electron chi connectivity index (χ4n) is 2.21. The van der Waals surface area contributed by atoms with Gasteiger partial charge in [-0.25, -0.2) is 4.79 Å². The van der Waals surface area contributed by atoms with Crippen LogP contribution in [0.4, 0.5) is 4.79 Å². The van der Waals surface area contributed by atoms with E-state index in [0.717, 1.165) is 0 Å². The van der Waals surface area contributed by atoms with Crippen molar-refractivity contribution in [1.82, 2.24) is 15.5 Å². The normalized spacial score (nSPS) is 23.6. The number of likely N-dealkylation sites (tertiary alicyclic amines) is 1. The molecule has 1 unspecified atom stereocenters. The Hall–Kier alpha value is -1.79. The third-order valence-electron chi connectivity index (χ3n) is 3.38. The quantitative estimate of drug-likeness (QED) is 0.690. The maximum Gasteiger partial charge on any atom is 0.318 e. The first kappa shape index (κ1) is 16.3. The molecule has 1 heterocycles. The molecule has 0 aromatic rings. The number of rotatable bonds is 4. The molecule has 0 spiro atoms. The summed E-state index contributed by atoms with van der Waals surface area (Å²) in [5.41, 5.74) is 0. The first-order chi connectivity index (χ1) is 9.22. The number of aliphatic carboxylic acids is 1. The van der Waals surface area contributed by atoms with E-state index in [1.807, 2.05) is 13.8 Å². The zero-order chi connectivity index (χ0) is 15.4. The van der Waals surface area contributed by atoms with Crippen LogP contribution in [0.1, 0.15) is 27.7 Å². The van der Waals surface area contributed by atoms with E-state index in [9.17, 15) is 14.4 Å². The van der Waals surface area contributed by atoms with E-state index in [4.69, 9.17) is 5.11 Å². The molecule has 0 bridgehead atoms. The fourth-order valence-corrected chi connectivity index (χ4v) is 2.21. The molecule has 0 radical (unpaired) electrons. The standard InChI is InChI=1S/C13H23N3O4/c1-7(2)14-11(17)9(4)15-13(20)16-5-8(3)10(6-16)12(18)19/h7-10H,5-6H2,1-4H3,(H,14,17)(H,15,20)(H,18,19)/t8-,9?,10-/m1/s1. The van der Waals surface area contributed by atoms with Gasteiger partial charge in [-0.3, -0.25) is 9.59 Å². The van der Waals surface area contributed by atoms with Gasteiger partial charge in [0.15, 0.2) is 0 Å². The van der Waals surface area contributed by atoms with Crippen LogP contribution in [0.15, 0.2) is 0 Å². The highest BCUT2D eigenvalue weighted by Crippen LogP contribution is 2.23. The first-order valence-electron chi connectivity index (χ1n) is 6.81. The Bertz CT molecular complexity index is 397. The first-order valence-corrected chi connectivity index (χ1v) is 6.81. The van der Waals surface area contributed by atoms with Crippen LogP contribution < -0.4 is 10.6 Å². The Morgan fingerprint density at radius 2 is 1.75 bits per heavy atom. The van der Waals surface area contributed by atoms with Crippen molar-refractivity contribution < 1.29 is 19.5 Å². The number of hydrogen-bond donors (Lipinski definition) is 3. The smallest absolute Gasteiger partial charge is 0.318 e. The largest absolute Gasteiger partial charge is 0.481 e. The third-order valence-corrected chi connectivity index (χ3v) is 3.38. The molecule has 1 fully saturated rings. The average Bonchev–Trinajstić information content (AvgIpc) is 2.70. The maximum absolute atomic E-state index is 12.0. The monoisotopic (exact) mass is 285 g/mol. The lowest BCUT2D eigenvalue weighted by Gasteiger charge is -2.21. The van der Waals surface area contributed by atoms with Gasteiger partial charge in [0.1, 0.15) is 6.04 Å². The summed E-state index contributed by atoms with van der Waals surface area (Å²) in [4.78, 5) is 36.2. The van der Waals surface area contributed by atoms with Gasteiger partial charge in [0, 0.05) is 19.1 Å². The van der Waals surface area contributed by atoms with Crippen LogP contribution in [0.3, 0.4) is 0 Å². The second-order valence-electron chi connectivity index (χ2n) is 5.66. The molecule has 0 aromatic heterocycles. The number of urea groups is 1. The Morgan fingerprint density at radius 3 is 2.20 bits per heavy atom. The van der Waals surface area contributed by atoms with Gasteiger partial charge in [-0.05, 0) is 26.7 Å². The Morgan fingerprint density at radius 1 is 1.15 bits per heavy atom.